The average Bonchev–Trinajstić information content (AvgIpc) is 4.05. The summed E-state index contributed by atoms with van der Waals surface area (Å²) in [6.07, 6.45) is 23.5. The number of phenolic OH excluding ortho intramolecular Hbond substituents is 3. The molecule has 8 atom stereocenters. The highest BCUT2D eigenvalue weighted by molar-refractivity contribution is 5.83. The van der Waals surface area contributed by atoms with Crippen molar-refractivity contribution in [2.75, 3.05) is 19.7 Å². The Kier molecular flexibility index (Phi) is 16.6. The molecule has 4 fully saturated rings. The van der Waals surface area contributed by atoms with Crippen molar-refractivity contribution in [2.45, 2.75) is 158 Å². The number of aryl methyl sites for hydroxylation is 1. The topological polar surface area (TPSA) is 255 Å². The molecule has 2 saturated heterocycles. The minimum Gasteiger partial charge on any atom is -0.504 e. The van der Waals surface area contributed by atoms with Gasteiger partial charge in [0.15, 0.2) is 29.0 Å². The van der Waals surface area contributed by atoms with Crippen LogP contribution in [0.5, 0.6) is 28.7 Å². The van der Waals surface area contributed by atoms with Crippen molar-refractivity contribution in [1.29, 1.82) is 0 Å². The van der Waals surface area contributed by atoms with E-state index in [1.165, 1.54) is 25.0 Å². The fourth-order valence-electron chi connectivity index (χ4n) is 12.2. The number of dihydropyridines is 1. The molecule has 2 aliphatic carbocycles. The third-order valence-electron chi connectivity index (χ3n) is 15.9. The van der Waals surface area contributed by atoms with Gasteiger partial charge in [0.1, 0.15) is 24.6 Å². The van der Waals surface area contributed by atoms with Gasteiger partial charge in [0.25, 0.3) is 0 Å². The Morgan fingerprint density at radius 1 is 0.987 bits per heavy atom. The number of aliphatic hydroxyl groups excluding tert-OH is 1. The van der Waals surface area contributed by atoms with Crippen LogP contribution in [0.2, 0.25) is 0 Å². The Balaban J connectivity index is 0.861. The predicted octanol–water partition coefficient (Wildman–Crippen LogP) is 7.66. The number of carbonyl (C=O) groups is 1. The lowest BCUT2D eigenvalue weighted by molar-refractivity contribution is -0.160. The van der Waals surface area contributed by atoms with E-state index in [1.807, 2.05) is 36.5 Å². The summed E-state index contributed by atoms with van der Waals surface area (Å²) in [5.41, 5.74) is 10.1. The van der Waals surface area contributed by atoms with Gasteiger partial charge in [-0.1, -0.05) is 37.5 Å². The number of nitrogens with one attached hydrogen (secondary N) is 5. The molecule has 10 rings (SSSR count). The van der Waals surface area contributed by atoms with Crippen molar-refractivity contribution < 1.29 is 44.2 Å². The van der Waals surface area contributed by atoms with Crippen LogP contribution < -0.4 is 36.5 Å². The molecule has 406 valence electrons. The summed E-state index contributed by atoms with van der Waals surface area (Å²) >= 11 is 0. The van der Waals surface area contributed by atoms with Crippen LogP contribution in [0, 0.1) is 5.92 Å². The maximum absolute atomic E-state index is 12.6. The van der Waals surface area contributed by atoms with Gasteiger partial charge in [-0.2, -0.15) is 0 Å². The molecule has 11 N–H and O–H groups in total. The molecule has 0 bridgehead atoms. The standard InChI is InChI=1S/C58H75N9O9/c1-36(68)74-45-30-43(75-49(31-45)41-28-48(70)54(71)51(29-41)73-25-19-39-9-6-21-60-33-39)15-13-38-14-16-47(69)50(26-38)76-44-12-5-20-58(32-44)53(56(72)64-42-10-3-2-4-11-42)55(67-34-40-18-24-61-46(40)35-67)65-57(66-58)63-22-7-8-37-17-23-62-52(59)27-37/h6,9,14,16-18,21,24,26-29,33-35,42-45,49,53,55-56,61-62,64,69-72H,2-5,7-8,10-13,15,19-20,22-23,25,30-32,59H2,1H3,(H2,63,65,66)/t43-,44-,45+,49-,53-,55-,56+,58+/m0/s1. The van der Waals surface area contributed by atoms with Gasteiger partial charge in [-0.3, -0.25) is 20.1 Å². The second kappa shape index (κ2) is 24.0. The first-order valence-electron chi connectivity index (χ1n) is 27.4. The monoisotopic (exact) mass is 1040 g/mol. The normalized spacial score (nSPS) is 25.9. The number of guanidine groups is 1. The molecule has 2 aromatic carbocycles. The quantitative estimate of drug-likeness (QED) is 0.0165. The predicted molar refractivity (Wildman–Crippen MR) is 289 cm³/mol. The molecule has 18 nitrogen and oxygen atoms in total. The molecule has 2 saturated carbocycles. The maximum atomic E-state index is 12.6. The maximum Gasteiger partial charge on any atom is 0.302 e. The van der Waals surface area contributed by atoms with Gasteiger partial charge in [-0.15, -0.1) is 0 Å². The summed E-state index contributed by atoms with van der Waals surface area (Å²) in [5.74, 6) is 0.451. The Bertz CT molecular complexity index is 2830. The summed E-state index contributed by atoms with van der Waals surface area (Å²) in [6.45, 7) is 2.94. The van der Waals surface area contributed by atoms with E-state index in [0.717, 1.165) is 79.8 Å². The van der Waals surface area contributed by atoms with E-state index < -0.39 is 29.9 Å². The van der Waals surface area contributed by atoms with E-state index in [4.69, 9.17) is 29.7 Å². The Morgan fingerprint density at radius 2 is 1.87 bits per heavy atom. The smallest absolute Gasteiger partial charge is 0.302 e. The van der Waals surface area contributed by atoms with Crippen LogP contribution in [0.3, 0.4) is 0 Å². The number of aliphatic imine (C=N–C) groups is 1. The number of fused-ring (bicyclic) bond motifs is 1. The first-order valence-corrected chi connectivity index (χ1v) is 27.4. The van der Waals surface area contributed by atoms with Gasteiger partial charge >= 0.3 is 5.97 Å². The third kappa shape index (κ3) is 12.8. The van der Waals surface area contributed by atoms with Crippen LogP contribution in [-0.4, -0.2) is 103 Å². The number of hydrogen-bond donors (Lipinski definition) is 10. The number of esters is 1. The number of benzene rings is 2. The number of nitrogens with two attached hydrogens (primary N) is 1. The molecule has 6 heterocycles. The summed E-state index contributed by atoms with van der Waals surface area (Å²) < 4.78 is 27.5. The molecule has 0 unspecified atom stereocenters. The summed E-state index contributed by atoms with van der Waals surface area (Å²) in [7, 11) is 0. The number of rotatable bonds is 19. The lowest BCUT2D eigenvalue weighted by atomic mass is 9.68. The highest BCUT2D eigenvalue weighted by Gasteiger charge is 2.54. The molecule has 3 aromatic heterocycles. The van der Waals surface area contributed by atoms with Crippen molar-refractivity contribution in [3.63, 3.8) is 0 Å². The second-order valence-electron chi connectivity index (χ2n) is 21.5. The van der Waals surface area contributed by atoms with Gasteiger partial charge < -0.3 is 70.6 Å². The molecule has 18 heteroatoms. The van der Waals surface area contributed by atoms with Crippen LogP contribution in [0.4, 0.5) is 0 Å². The van der Waals surface area contributed by atoms with Gasteiger partial charge in [-0.25, -0.2) is 0 Å². The minimum absolute atomic E-state index is 0.0368. The van der Waals surface area contributed by atoms with Crippen LogP contribution in [-0.2, 0) is 27.1 Å². The van der Waals surface area contributed by atoms with E-state index in [-0.39, 0.29) is 59.9 Å². The van der Waals surface area contributed by atoms with Gasteiger partial charge in [0.05, 0.1) is 41.6 Å². The van der Waals surface area contributed by atoms with Crippen LogP contribution in [0.1, 0.15) is 126 Å². The van der Waals surface area contributed by atoms with Gasteiger partial charge in [-0.05, 0) is 123 Å². The van der Waals surface area contributed by atoms with Crippen molar-refractivity contribution in [3.05, 3.63) is 120 Å². The lowest BCUT2D eigenvalue weighted by Crippen LogP contribution is -2.72. The zero-order chi connectivity index (χ0) is 52.6. The van der Waals surface area contributed by atoms with E-state index in [0.29, 0.717) is 74.7 Å². The summed E-state index contributed by atoms with van der Waals surface area (Å²) in [5, 5.41) is 61.2. The Morgan fingerprint density at radius 3 is 2.68 bits per heavy atom. The van der Waals surface area contributed by atoms with E-state index >= 15 is 0 Å². The molecular formula is C58H75N9O9. The first kappa shape index (κ1) is 52.5. The zero-order valence-corrected chi connectivity index (χ0v) is 43.5. The SMILES string of the molecule is CC(=O)O[C@@H]1C[C@H](CCc2ccc(O)c(O[C@H]3CCC[C@]4(C3)NC(=NCCCC3=CCNC(N)=C3)N[C@@H](n3cc5cc[nH]c5c3)[C@H]4[C@@H](O)NC3CCCCC3)c2)O[C@H](c2cc(O)c(O)c(OCCc3cccnc3)c2)C1. The fraction of sp³-hybridized carbons (Fsp3) is 0.500. The molecule has 5 aromatic rings. The molecule has 5 aliphatic rings. The van der Waals surface area contributed by atoms with Crippen LogP contribution >= 0.6 is 0 Å². The third-order valence-corrected chi connectivity index (χ3v) is 15.9. The van der Waals surface area contributed by atoms with Crippen molar-refractivity contribution in [3.8, 4) is 28.7 Å². The Hall–Kier alpha value is -6.89. The molecular weight excluding hydrogens is 967 g/mol. The number of aromatic nitrogens is 3. The van der Waals surface area contributed by atoms with Gasteiger partial charge in [0, 0.05) is 88.1 Å². The number of aromatic amines is 1. The number of hydrogen-bond acceptors (Lipinski definition) is 14. The van der Waals surface area contributed by atoms with E-state index in [1.54, 1.807) is 24.5 Å². The largest absolute Gasteiger partial charge is 0.504 e. The summed E-state index contributed by atoms with van der Waals surface area (Å²) in [4.78, 5) is 25.0. The van der Waals surface area contributed by atoms with E-state index in [2.05, 4.69) is 60.3 Å². The molecule has 3 aliphatic heterocycles. The van der Waals surface area contributed by atoms with Crippen LogP contribution in [0.15, 0.2) is 108 Å². The highest BCUT2D eigenvalue weighted by Crippen LogP contribution is 2.46. The van der Waals surface area contributed by atoms with Crippen LogP contribution in [0.25, 0.3) is 10.9 Å². The zero-order valence-electron chi connectivity index (χ0n) is 43.5. The average molecular weight is 1040 g/mol. The number of pyridine rings is 1. The van der Waals surface area contributed by atoms with Crippen molar-refractivity contribution in [1.82, 2.24) is 35.8 Å². The van der Waals surface area contributed by atoms with Crippen molar-refractivity contribution >= 4 is 22.8 Å². The number of ether oxygens (including phenoxy) is 4. The summed E-state index contributed by atoms with van der Waals surface area (Å²) in [6, 6.07) is 14.7. The minimum atomic E-state index is -0.866. The molecule has 0 radical (unpaired) electrons. The van der Waals surface area contributed by atoms with Crippen molar-refractivity contribution in [2.24, 2.45) is 16.6 Å². The number of phenols is 3. The second-order valence-corrected chi connectivity index (χ2v) is 21.5. The van der Waals surface area contributed by atoms with E-state index in [9.17, 15) is 25.2 Å². The highest BCUT2D eigenvalue weighted by atomic mass is 16.6. The number of aliphatic hydroxyl groups is 1. The number of nitrogens with zero attached hydrogens (tertiary/aromatic N) is 3. The Labute approximate surface area is 444 Å². The number of H-pyrrole nitrogens is 1. The molecule has 76 heavy (non-hydrogen) atoms. The fourth-order valence-corrected chi connectivity index (χ4v) is 12.2. The number of carbonyl (C=O) groups excluding carboxylic acids is 1. The molecule has 1 spiro atoms. The number of aromatic hydroxyl groups is 3. The first-order chi connectivity index (χ1) is 36.9. The number of allylic oxidation sites excluding steroid dienone is 2. The van der Waals surface area contributed by atoms with Gasteiger partial charge in [0.2, 0.25) is 5.75 Å². The molecule has 0 amide bonds. The lowest BCUT2D eigenvalue weighted by Gasteiger charge is -2.55.